The number of allylic oxidation sites excluding steroid dienone is 1. The Morgan fingerprint density at radius 1 is 0.745 bits per heavy atom. The summed E-state index contributed by atoms with van der Waals surface area (Å²) in [6.45, 7) is 14.5. The highest BCUT2D eigenvalue weighted by molar-refractivity contribution is 7.26. The molecule has 5 aromatic carbocycles. The van der Waals surface area contributed by atoms with Crippen LogP contribution in [0.25, 0.3) is 60.2 Å². The highest BCUT2D eigenvalue weighted by Gasteiger charge is 2.48. The summed E-state index contributed by atoms with van der Waals surface area (Å²) in [4.78, 5) is 15.8. The second kappa shape index (κ2) is 12.5. The summed E-state index contributed by atoms with van der Waals surface area (Å²) in [6.07, 6.45) is 9.93. The molecule has 0 aliphatic heterocycles. The van der Waals surface area contributed by atoms with Crippen LogP contribution in [0.2, 0.25) is 0 Å². The third-order valence-corrected chi connectivity index (χ3v) is 15.4. The van der Waals surface area contributed by atoms with Crippen LogP contribution in [0.1, 0.15) is 113 Å². The van der Waals surface area contributed by atoms with Gasteiger partial charge in [-0.15, -0.1) is 11.3 Å². The van der Waals surface area contributed by atoms with Crippen LogP contribution >= 0.6 is 11.3 Å². The van der Waals surface area contributed by atoms with Crippen molar-refractivity contribution >= 4 is 37.6 Å². The normalized spacial score (nSPS) is 24.6. The van der Waals surface area contributed by atoms with Gasteiger partial charge in [-0.05, 0) is 100 Å². The fourth-order valence-electron chi connectivity index (χ4n) is 10.5. The van der Waals surface area contributed by atoms with E-state index >= 15 is 0 Å². The van der Waals surface area contributed by atoms with Crippen LogP contribution in [0, 0.1) is 5.92 Å². The van der Waals surface area contributed by atoms with Crippen LogP contribution in [0.4, 0.5) is 0 Å². The van der Waals surface area contributed by atoms with Crippen LogP contribution < -0.4 is 0 Å². The summed E-state index contributed by atoms with van der Waals surface area (Å²) < 4.78 is 2.88. The number of rotatable bonds is 6. The SMILES string of the molecule is CCC(C)c1cccc(-c2nc(-c3ccccc3)nc(C3(C)CCC(C)(c4ccc5c6c4sc4cccc(c46)-c4cccc6c4C5(C)CC=C6)C(C)C3)n2)c1. The number of fused-ring (bicyclic) bond motifs is 2. The van der Waals surface area contributed by atoms with E-state index in [1.165, 1.54) is 59.1 Å². The monoisotopic (exact) mass is 735 g/mol. The van der Waals surface area contributed by atoms with E-state index in [0.29, 0.717) is 11.8 Å². The lowest BCUT2D eigenvalue weighted by Crippen LogP contribution is -2.43. The number of benzene rings is 5. The van der Waals surface area contributed by atoms with E-state index in [2.05, 4.69) is 157 Å². The molecule has 0 N–H and O–H groups in total. The average Bonchev–Trinajstić information content (AvgIpc) is 3.57. The summed E-state index contributed by atoms with van der Waals surface area (Å²) in [5, 5.41) is 2.94. The van der Waals surface area contributed by atoms with Crippen molar-refractivity contribution in [2.45, 2.75) is 95.8 Å². The van der Waals surface area contributed by atoms with Gasteiger partial charge in [0.2, 0.25) is 0 Å². The molecule has 0 saturated heterocycles. The van der Waals surface area contributed by atoms with Crippen LogP contribution in [-0.2, 0) is 16.2 Å². The maximum Gasteiger partial charge on any atom is 0.163 e. The Kier molecular flexibility index (Phi) is 7.88. The van der Waals surface area contributed by atoms with Crippen LogP contribution in [0.3, 0.4) is 0 Å². The molecule has 3 nitrogen and oxygen atoms in total. The molecule has 3 aliphatic rings. The average molecular weight is 736 g/mol. The standard InChI is InChI=1S/C51H49N3S/c1-7-31(2)35-18-11-19-36(29-35)47-52-46(34-15-9-8-10-16-34)53-48(54-47)49(4)27-28-50(5,32(3)30-49)40-25-24-39-43-42-37(21-13-23-41(42)55-45(40)43)38-22-12-17-33-20-14-26-51(39,6)44(33)38/h8-25,29,31-32H,7,26-28,30H2,1-6H3. The first-order valence-corrected chi connectivity index (χ1v) is 21.1. The Morgan fingerprint density at radius 2 is 1.47 bits per heavy atom. The van der Waals surface area contributed by atoms with Crippen molar-refractivity contribution in [3.05, 3.63) is 143 Å². The number of hydrogen-bond donors (Lipinski definition) is 0. The van der Waals surface area contributed by atoms with Gasteiger partial charge in [-0.25, -0.2) is 15.0 Å². The van der Waals surface area contributed by atoms with Crippen molar-refractivity contribution in [3.8, 4) is 33.9 Å². The van der Waals surface area contributed by atoms with Gasteiger partial charge in [0, 0.05) is 42.1 Å². The second-order valence-electron chi connectivity index (χ2n) is 17.5. The van der Waals surface area contributed by atoms with Crippen LogP contribution in [0.15, 0.2) is 109 Å². The highest BCUT2D eigenvalue weighted by Crippen LogP contribution is 2.58. The summed E-state index contributed by atoms with van der Waals surface area (Å²) in [7, 11) is 0. The fraction of sp³-hybridized carbons (Fsp3) is 0.314. The molecule has 3 aliphatic carbocycles. The van der Waals surface area contributed by atoms with Gasteiger partial charge < -0.3 is 0 Å². The molecule has 0 radical (unpaired) electrons. The molecule has 5 atom stereocenters. The molecule has 0 bridgehead atoms. The van der Waals surface area contributed by atoms with E-state index in [-0.39, 0.29) is 16.2 Å². The number of aromatic nitrogens is 3. The lowest BCUT2D eigenvalue weighted by molar-refractivity contribution is 0.144. The molecule has 2 heterocycles. The zero-order valence-corrected chi connectivity index (χ0v) is 33.7. The van der Waals surface area contributed by atoms with Crippen molar-refractivity contribution in [1.29, 1.82) is 0 Å². The molecule has 0 spiro atoms. The molecular weight excluding hydrogens is 687 g/mol. The van der Waals surface area contributed by atoms with E-state index in [4.69, 9.17) is 15.0 Å². The lowest BCUT2D eigenvalue weighted by Gasteiger charge is -2.48. The molecule has 10 rings (SSSR count). The van der Waals surface area contributed by atoms with Gasteiger partial charge in [-0.2, -0.15) is 0 Å². The van der Waals surface area contributed by atoms with Gasteiger partial charge in [-0.1, -0.05) is 145 Å². The van der Waals surface area contributed by atoms with Crippen molar-refractivity contribution in [2.75, 3.05) is 0 Å². The van der Waals surface area contributed by atoms with E-state index in [1.807, 2.05) is 11.3 Å². The first-order valence-electron chi connectivity index (χ1n) is 20.3. The van der Waals surface area contributed by atoms with E-state index < -0.39 is 0 Å². The number of thiophene rings is 1. The summed E-state index contributed by atoms with van der Waals surface area (Å²) >= 11 is 2.02. The van der Waals surface area contributed by atoms with Crippen LogP contribution in [0.5, 0.6) is 0 Å². The molecule has 1 fully saturated rings. The minimum absolute atomic E-state index is 0.000486. The number of hydrogen-bond acceptors (Lipinski definition) is 4. The minimum atomic E-state index is -0.191. The van der Waals surface area contributed by atoms with E-state index in [0.717, 1.165) is 60.7 Å². The largest absolute Gasteiger partial charge is 0.212 e. The Morgan fingerprint density at radius 3 is 2.27 bits per heavy atom. The smallest absolute Gasteiger partial charge is 0.163 e. The summed E-state index contributed by atoms with van der Waals surface area (Å²) in [6, 6.07) is 38.3. The third-order valence-electron chi connectivity index (χ3n) is 14.2. The fourth-order valence-corrected chi connectivity index (χ4v) is 11.9. The van der Waals surface area contributed by atoms with Gasteiger partial charge in [0.15, 0.2) is 11.6 Å². The maximum absolute atomic E-state index is 5.36. The molecule has 4 heteroatoms. The summed E-state index contributed by atoms with van der Waals surface area (Å²) in [5.41, 5.74) is 11.8. The predicted octanol–water partition coefficient (Wildman–Crippen LogP) is 13.8. The molecular formula is C51H49N3S. The van der Waals surface area contributed by atoms with Crippen molar-refractivity contribution in [3.63, 3.8) is 0 Å². The maximum atomic E-state index is 5.36. The Hall–Kier alpha value is -4.93. The molecule has 7 aromatic rings. The van der Waals surface area contributed by atoms with E-state index in [1.54, 1.807) is 0 Å². The zero-order valence-electron chi connectivity index (χ0n) is 32.9. The number of nitrogens with zero attached hydrogens (tertiary/aromatic N) is 3. The minimum Gasteiger partial charge on any atom is -0.212 e. The first kappa shape index (κ1) is 34.6. The molecule has 5 unspecified atom stereocenters. The topological polar surface area (TPSA) is 38.7 Å². The second-order valence-corrected chi connectivity index (χ2v) is 18.6. The third kappa shape index (κ3) is 5.17. The first-order chi connectivity index (χ1) is 26.6. The quantitative estimate of drug-likeness (QED) is 0.171. The van der Waals surface area contributed by atoms with E-state index in [9.17, 15) is 0 Å². The Labute approximate surface area is 329 Å². The van der Waals surface area contributed by atoms with Crippen molar-refractivity contribution in [2.24, 2.45) is 5.92 Å². The molecule has 1 saturated carbocycles. The lowest BCUT2D eigenvalue weighted by atomic mass is 9.57. The summed E-state index contributed by atoms with van der Waals surface area (Å²) in [5.74, 6) is 3.34. The predicted molar refractivity (Wildman–Crippen MR) is 232 cm³/mol. The van der Waals surface area contributed by atoms with Gasteiger partial charge in [-0.3, -0.25) is 0 Å². The van der Waals surface area contributed by atoms with Crippen molar-refractivity contribution in [1.82, 2.24) is 15.0 Å². The van der Waals surface area contributed by atoms with Gasteiger partial charge >= 0.3 is 0 Å². The Balaban J connectivity index is 1.08. The van der Waals surface area contributed by atoms with Crippen LogP contribution in [-0.4, -0.2) is 15.0 Å². The molecule has 274 valence electrons. The van der Waals surface area contributed by atoms with Crippen molar-refractivity contribution < 1.29 is 0 Å². The van der Waals surface area contributed by atoms with Gasteiger partial charge in [0.25, 0.3) is 0 Å². The Bertz CT molecular complexity index is 2690. The molecule has 0 amide bonds. The highest BCUT2D eigenvalue weighted by atomic mass is 32.1. The van der Waals surface area contributed by atoms with Gasteiger partial charge in [0.1, 0.15) is 5.82 Å². The zero-order chi connectivity index (χ0) is 37.7. The molecule has 55 heavy (non-hydrogen) atoms. The molecule has 2 aromatic heterocycles. The van der Waals surface area contributed by atoms with Gasteiger partial charge in [0.05, 0.1) is 0 Å².